The number of likely N-dealkylation sites (tertiary alicyclic amines) is 1. The molecule has 2 bridgehead atoms. The van der Waals surface area contributed by atoms with Crippen LogP contribution in [0.25, 0.3) is 0 Å². The molecule has 1 aromatic heterocycles. The van der Waals surface area contributed by atoms with Crippen LogP contribution < -0.4 is 10.2 Å². The number of amides is 1. The summed E-state index contributed by atoms with van der Waals surface area (Å²) < 4.78 is 5.18. The topological polar surface area (TPSA) is 59.8 Å². The Bertz CT molecular complexity index is 755. The fraction of sp³-hybridized carbons (Fsp3) is 0.714. The van der Waals surface area contributed by atoms with Gasteiger partial charge in [0.25, 0.3) is 5.91 Å². The number of hydrogen-bond donors (Lipinski definition) is 2. The van der Waals surface area contributed by atoms with Gasteiger partial charge in [0, 0.05) is 23.1 Å². The minimum atomic E-state index is -0.353. The molecule has 0 aromatic carbocycles. The number of quaternary nitrogens is 1. The molecule has 3 rings (SSSR count). The zero-order valence-corrected chi connectivity index (χ0v) is 18.3. The first-order chi connectivity index (χ1) is 12.5. The Balaban J connectivity index is 1.71. The van der Waals surface area contributed by atoms with E-state index >= 15 is 0 Å². The molecule has 6 heteroatoms. The second-order valence-corrected chi connectivity index (χ2v) is 10.7. The molecule has 0 spiro atoms. The highest BCUT2D eigenvalue weighted by Crippen LogP contribution is 2.47. The molecule has 2 fully saturated rings. The normalized spacial score (nSPS) is 28.8. The molecule has 1 aromatic rings. The van der Waals surface area contributed by atoms with Crippen molar-refractivity contribution in [2.45, 2.75) is 66.8 Å². The van der Waals surface area contributed by atoms with Crippen molar-refractivity contribution < 1.29 is 19.2 Å². The smallest absolute Gasteiger partial charge is 0.341 e. The third-order valence-electron chi connectivity index (χ3n) is 6.18. The first kappa shape index (κ1) is 20.3. The van der Waals surface area contributed by atoms with Gasteiger partial charge < -0.3 is 15.0 Å². The Morgan fingerprint density at radius 1 is 1.26 bits per heavy atom. The molecule has 1 amide bonds. The van der Waals surface area contributed by atoms with Crippen molar-refractivity contribution in [3.8, 4) is 0 Å². The molecule has 2 N–H and O–H groups in total. The van der Waals surface area contributed by atoms with Crippen LogP contribution in [-0.2, 0) is 9.53 Å². The van der Waals surface area contributed by atoms with Crippen LogP contribution >= 0.6 is 11.3 Å². The van der Waals surface area contributed by atoms with E-state index in [0.717, 1.165) is 17.0 Å². The molecule has 5 nitrogen and oxygen atoms in total. The number of esters is 1. The zero-order valence-electron chi connectivity index (χ0n) is 17.5. The van der Waals surface area contributed by atoms with Gasteiger partial charge in [-0.25, -0.2) is 4.79 Å². The number of anilines is 1. The van der Waals surface area contributed by atoms with Crippen LogP contribution in [0.15, 0.2) is 0 Å². The van der Waals surface area contributed by atoms with Crippen molar-refractivity contribution in [3.63, 3.8) is 0 Å². The summed E-state index contributed by atoms with van der Waals surface area (Å²) in [6.07, 6.45) is 3.62. The summed E-state index contributed by atoms with van der Waals surface area (Å²) in [5, 5.41) is 3.64. The van der Waals surface area contributed by atoms with E-state index in [1.165, 1.54) is 35.5 Å². The van der Waals surface area contributed by atoms with E-state index in [9.17, 15) is 9.59 Å². The monoisotopic (exact) mass is 393 g/mol. The first-order valence-electron chi connectivity index (χ1n) is 9.95. The number of hydrogen-bond acceptors (Lipinski definition) is 4. The molecule has 1 aliphatic carbocycles. The van der Waals surface area contributed by atoms with Gasteiger partial charge in [0.15, 0.2) is 6.54 Å². The number of aryl methyl sites for hydroxylation is 1. The third kappa shape index (κ3) is 4.21. The minimum Gasteiger partial charge on any atom is -0.462 e. The van der Waals surface area contributed by atoms with Gasteiger partial charge in [-0.3, -0.25) is 4.79 Å². The van der Waals surface area contributed by atoms with Gasteiger partial charge in [-0.15, -0.1) is 11.3 Å². The van der Waals surface area contributed by atoms with E-state index in [2.05, 4.69) is 26.1 Å². The Morgan fingerprint density at radius 3 is 2.63 bits per heavy atom. The number of fused-ring (bicyclic) bond motifs is 2. The molecular weight excluding hydrogens is 360 g/mol. The minimum absolute atomic E-state index is 0.00856. The van der Waals surface area contributed by atoms with E-state index in [4.69, 9.17) is 4.74 Å². The Labute approximate surface area is 166 Å². The van der Waals surface area contributed by atoms with Crippen molar-refractivity contribution in [3.05, 3.63) is 16.0 Å². The number of carbonyl (C=O) groups is 2. The van der Waals surface area contributed by atoms with Crippen LogP contribution in [0, 0.1) is 24.7 Å². The number of carbonyl (C=O) groups excluding carboxylic acids is 2. The Morgan fingerprint density at radius 2 is 1.96 bits per heavy atom. The van der Waals surface area contributed by atoms with Crippen molar-refractivity contribution in [1.29, 1.82) is 0 Å². The van der Waals surface area contributed by atoms with Crippen LogP contribution in [0.5, 0.6) is 0 Å². The van der Waals surface area contributed by atoms with E-state index in [1.54, 1.807) is 6.92 Å². The average molecular weight is 394 g/mol. The fourth-order valence-electron chi connectivity index (χ4n) is 5.50. The SMILES string of the molecule is CCOC(=O)c1c(NC(=O)C[NH+]2C[C@@]3(C)C[C@@H]2CC(C)(C)C3)sc(C)c1C. The van der Waals surface area contributed by atoms with Crippen molar-refractivity contribution in [2.75, 3.05) is 25.0 Å². The van der Waals surface area contributed by atoms with Crippen LogP contribution in [0.2, 0.25) is 0 Å². The van der Waals surface area contributed by atoms with Gasteiger partial charge in [-0.1, -0.05) is 20.8 Å². The Hall–Kier alpha value is -1.40. The maximum absolute atomic E-state index is 12.8. The number of ether oxygens (including phenoxy) is 1. The summed E-state index contributed by atoms with van der Waals surface area (Å²) in [4.78, 5) is 27.5. The highest BCUT2D eigenvalue weighted by Gasteiger charge is 2.53. The molecule has 1 saturated carbocycles. The van der Waals surface area contributed by atoms with Gasteiger partial charge in [-0.05, 0) is 38.2 Å². The van der Waals surface area contributed by atoms with Gasteiger partial charge in [0.1, 0.15) is 5.00 Å². The predicted octanol–water partition coefficient (Wildman–Crippen LogP) is 2.96. The van der Waals surface area contributed by atoms with Gasteiger partial charge in [0.2, 0.25) is 0 Å². The molecule has 1 aliphatic heterocycles. The maximum atomic E-state index is 12.8. The summed E-state index contributed by atoms with van der Waals surface area (Å²) in [6, 6.07) is 0.556. The first-order valence-corrected chi connectivity index (χ1v) is 10.8. The lowest BCUT2D eigenvalue weighted by Gasteiger charge is -2.37. The second kappa shape index (κ2) is 7.21. The molecule has 1 unspecified atom stereocenters. The molecule has 2 heterocycles. The Kier molecular flexibility index (Phi) is 5.43. The lowest BCUT2D eigenvalue weighted by atomic mass is 9.65. The summed E-state index contributed by atoms with van der Waals surface area (Å²) in [7, 11) is 0. The van der Waals surface area contributed by atoms with Crippen LogP contribution in [0.3, 0.4) is 0 Å². The summed E-state index contributed by atoms with van der Waals surface area (Å²) >= 11 is 1.46. The molecule has 3 atom stereocenters. The summed E-state index contributed by atoms with van der Waals surface area (Å²) in [5.41, 5.74) is 2.10. The lowest BCUT2D eigenvalue weighted by Crippen LogP contribution is -3.15. The van der Waals surface area contributed by atoms with Gasteiger partial charge in [-0.2, -0.15) is 0 Å². The molecule has 2 aliphatic rings. The molecule has 150 valence electrons. The van der Waals surface area contributed by atoms with Crippen molar-refractivity contribution in [1.82, 2.24) is 0 Å². The average Bonchev–Trinajstić information content (AvgIpc) is 2.91. The van der Waals surface area contributed by atoms with Crippen molar-refractivity contribution in [2.24, 2.45) is 10.8 Å². The standard InChI is InChI=1S/C21H32N2O3S/c1-7-26-19(25)17-13(2)14(3)27-18(17)22-16(24)10-23-12-21(6)9-15(23)8-20(4,5)11-21/h15H,7-12H2,1-6H3,(H,22,24)/p+1/t15-,21-/m0/s1. The van der Waals surface area contributed by atoms with Crippen LogP contribution in [0.1, 0.15) is 67.8 Å². The molecule has 1 saturated heterocycles. The molecule has 27 heavy (non-hydrogen) atoms. The van der Waals surface area contributed by atoms with Crippen LogP contribution in [-0.4, -0.2) is 37.6 Å². The number of rotatable bonds is 5. The highest BCUT2D eigenvalue weighted by atomic mass is 32.1. The fourth-order valence-corrected chi connectivity index (χ4v) is 6.56. The van der Waals surface area contributed by atoms with Gasteiger partial charge in [0.05, 0.1) is 24.8 Å². The molecule has 0 radical (unpaired) electrons. The zero-order chi connectivity index (χ0) is 20.0. The van der Waals surface area contributed by atoms with Crippen LogP contribution in [0.4, 0.5) is 5.00 Å². The second-order valence-electron chi connectivity index (χ2n) is 9.52. The maximum Gasteiger partial charge on any atom is 0.341 e. The van der Waals surface area contributed by atoms with Gasteiger partial charge >= 0.3 is 5.97 Å². The largest absolute Gasteiger partial charge is 0.462 e. The predicted molar refractivity (Wildman–Crippen MR) is 109 cm³/mol. The van der Waals surface area contributed by atoms with E-state index < -0.39 is 0 Å². The summed E-state index contributed by atoms with van der Waals surface area (Å²) in [5.74, 6) is -0.362. The van der Waals surface area contributed by atoms with E-state index in [0.29, 0.717) is 40.6 Å². The number of nitrogens with one attached hydrogen (secondary N) is 2. The quantitative estimate of drug-likeness (QED) is 0.756. The summed E-state index contributed by atoms with van der Waals surface area (Å²) in [6.45, 7) is 14.6. The number of thiophene rings is 1. The third-order valence-corrected chi connectivity index (χ3v) is 7.30. The molecular formula is C21H33N2O3S+. The van der Waals surface area contributed by atoms with E-state index in [-0.39, 0.29) is 11.9 Å². The van der Waals surface area contributed by atoms with Crippen molar-refractivity contribution >= 4 is 28.2 Å². The lowest BCUT2D eigenvalue weighted by molar-refractivity contribution is -0.906. The highest BCUT2D eigenvalue weighted by molar-refractivity contribution is 7.16. The van der Waals surface area contributed by atoms with E-state index in [1.807, 2.05) is 13.8 Å².